The highest BCUT2D eigenvalue weighted by Crippen LogP contribution is 2.22. The SMILES string of the molecule is CC(C)(C)CCCCc1cnc(C(C)(C)C)cn1. The monoisotopic (exact) mass is 248 g/mol. The van der Waals surface area contributed by atoms with Crippen molar-refractivity contribution in [2.24, 2.45) is 5.41 Å². The lowest BCUT2D eigenvalue weighted by molar-refractivity contribution is 0.360. The van der Waals surface area contributed by atoms with E-state index in [4.69, 9.17) is 0 Å². The number of hydrogen-bond donors (Lipinski definition) is 0. The Kier molecular flexibility index (Phi) is 4.89. The molecule has 0 atom stereocenters. The highest BCUT2D eigenvalue weighted by atomic mass is 14.8. The minimum absolute atomic E-state index is 0.0950. The first-order chi connectivity index (χ1) is 8.18. The smallest absolute Gasteiger partial charge is 0.0640 e. The van der Waals surface area contributed by atoms with Crippen molar-refractivity contribution in [3.05, 3.63) is 23.8 Å². The zero-order valence-electron chi connectivity index (χ0n) is 12.9. The number of aryl methyl sites for hydroxylation is 1. The van der Waals surface area contributed by atoms with Gasteiger partial charge in [-0.25, -0.2) is 0 Å². The average molecular weight is 248 g/mol. The Balaban J connectivity index is 2.41. The van der Waals surface area contributed by atoms with E-state index in [0.29, 0.717) is 5.41 Å². The van der Waals surface area contributed by atoms with E-state index in [0.717, 1.165) is 17.8 Å². The maximum Gasteiger partial charge on any atom is 0.0640 e. The molecule has 0 aromatic carbocycles. The molecule has 1 heterocycles. The number of rotatable bonds is 4. The lowest BCUT2D eigenvalue weighted by Crippen LogP contribution is -2.14. The third-order valence-electron chi connectivity index (χ3n) is 3.08. The van der Waals surface area contributed by atoms with Crippen molar-refractivity contribution in [1.82, 2.24) is 9.97 Å². The van der Waals surface area contributed by atoms with Gasteiger partial charge in [0, 0.05) is 17.8 Å². The van der Waals surface area contributed by atoms with Crippen LogP contribution >= 0.6 is 0 Å². The summed E-state index contributed by atoms with van der Waals surface area (Å²) >= 11 is 0. The minimum Gasteiger partial charge on any atom is -0.258 e. The Hall–Kier alpha value is -0.920. The molecule has 0 aliphatic carbocycles. The van der Waals surface area contributed by atoms with E-state index in [1.54, 1.807) is 0 Å². The summed E-state index contributed by atoms with van der Waals surface area (Å²) in [7, 11) is 0. The van der Waals surface area contributed by atoms with Gasteiger partial charge in [0.25, 0.3) is 0 Å². The summed E-state index contributed by atoms with van der Waals surface area (Å²) in [4.78, 5) is 9.03. The third kappa shape index (κ3) is 5.61. The molecule has 1 rings (SSSR count). The third-order valence-corrected chi connectivity index (χ3v) is 3.08. The van der Waals surface area contributed by atoms with Crippen LogP contribution in [0.25, 0.3) is 0 Å². The molecule has 0 unspecified atom stereocenters. The van der Waals surface area contributed by atoms with Crippen LogP contribution in [0.3, 0.4) is 0 Å². The molecular weight excluding hydrogens is 220 g/mol. The quantitative estimate of drug-likeness (QED) is 0.731. The largest absolute Gasteiger partial charge is 0.258 e. The van der Waals surface area contributed by atoms with Crippen molar-refractivity contribution in [3.8, 4) is 0 Å². The Bertz CT molecular complexity index is 352. The van der Waals surface area contributed by atoms with Crippen LogP contribution in [0.15, 0.2) is 12.4 Å². The van der Waals surface area contributed by atoms with Gasteiger partial charge in [-0.3, -0.25) is 9.97 Å². The van der Waals surface area contributed by atoms with E-state index >= 15 is 0 Å². The van der Waals surface area contributed by atoms with Crippen LogP contribution in [0, 0.1) is 5.41 Å². The number of hydrogen-bond acceptors (Lipinski definition) is 2. The minimum atomic E-state index is 0.0950. The molecule has 0 saturated heterocycles. The second kappa shape index (κ2) is 5.81. The molecule has 0 fully saturated rings. The Morgan fingerprint density at radius 1 is 0.889 bits per heavy atom. The molecule has 0 bridgehead atoms. The maximum absolute atomic E-state index is 4.52. The molecule has 0 N–H and O–H groups in total. The zero-order valence-corrected chi connectivity index (χ0v) is 12.9. The first kappa shape index (κ1) is 15.1. The number of aromatic nitrogens is 2. The summed E-state index contributed by atoms with van der Waals surface area (Å²) in [5.74, 6) is 0. The van der Waals surface area contributed by atoms with Gasteiger partial charge in [0.1, 0.15) is 0 Å². The van der Waals surface area contributed by atoms with Gasteiger partial charge in [0.15, 0.2) is 0 Å². The molecule has 1 aromatic rings. The molecule has 0 aliphatic heterocycles. The van der Waals surface area contributed by atoms with Crippen molar-refractivity contribution in [1.29, 1.82) is 0 Å². The standard InChI is InChI=1S/C16H28N2/c1-15(2,3)10-8-7-9-13-11-18-14(12-17-13)16(4,5)6/h11-12H,7-10H2,1-6H3. The molecule has 18 heavy (non-hydrogen) atoms. The van der Waals surface area contributed by atoms with E-state index in [1.165, 1.54) is 19.3 Å². The Morgan fingerprint density at radius 3 is 2.00 bits per heavy atom. The van der Waals surface area contributed by atoms with Gasteiger partial charge in [-0.05, 0) is 24.7 Å². The summed E-state index contributed by atoms with van der Waals surface area (Å²) in [6.07, 6.45) is 8.68. The summed E-state index contributed by atoms with van der Waals surface area (Å²) in [6.45, 7) is 13.4. The molecular formula is C16H28N2. The van der Waals surface area contributed by atoms with Crippen molar-refractivity contribution in [3.63, 3.8) is 0 Å². The van der Waals surface area contributed by atoms with Gasteiger partial charge >= 0.3 is 0 Å². The van der Waals surface area contributed by atoms with Crippen LogP contribution in [0.4, 0.5) is 0 Å². The van der Waals surface area contributed by atoms with E-state index in [2.05, 4.69) is 51.5 Å². The summed E-state index contributed by atoms with van der Waals surface area (Å²) in [5, 5.41) is 0. The predicted octanol–water partition coefficient (Wildman–Crippen LogP) is 4.53. The van der Waals surface area contributed by atoms with Gasteiger partial charge in [-0.15, -0.1) is 0 Å². The fourth-order valence-corrected chi connectivity index (χ4v) is 1.83. The maximum atomic E-state index is 4.52. The molecule has 102 valence electrons. The average Bonchev–Trinajstić information content (AvgIpc) is 2.22. The van der Waals surface area contributed by atoms with Crippen molar-refractivity contribution in [2.45, 2.75) is 72.6 Å². The Morgan fingerprint density at radius 2 is 1.56 bits per heavy atom. The van der Waals surface area contributed by atoms with Crippen molar-refractivity contribution in [2.75, 3.05) is 0 Å². The van der Waals surface area contributed by atoms with Crippen LogP contribution in [0.1, 0.15) is 72.2 Å². The molecule has 1 aromatic heterocycles. The number of unbranched alkanes of at least 4 members (excludes halogenated alkanes) is 1. The highest BCUT2D eigenvalue weighted by molar-refractivity contribution is 5.10. The van der Waals surface area contributed by atoms with Gasteiger partial charge < -0.3 is 0 Å². The van der Waals surface area contributed by atoms with Crippen LogP contribution in [0.2, 0.25) is 0 Å². The topological polar surface area (TPSA) is 25.8 Å². The van der Waals surface area contributed by atoms with E-state index in [-0.39, 0.29) is 5.41 Å². The molecule has 2 heteroatoms. The first-order valence-corrected chi connectivity index (χ1v) is 7.00. The van der Waals surface area contributed by atoms with Crippen LogP contribution in [0.5, 0.6) is 0 Å². The van der Waals surface area contributed by atoms with Gasteiger partial charge in [-0.1, -0.05) is 48.0 Å². The van der Waals surface area contributed by atoms with E-state index in [9.17, 15) is 0 Å². The summed E-state index contributed by atoms with van der Waals surface area (Å²) in [6, 6.07) is 0. The number of nitrogens with zero attached hydrogens (tertiary/aromatic N) is 2. The molecule has 0 radical (unpaired) electrons. The van der Waals surface area contributed by atoms with Crippen molar-refractivity contribution >= 4 is 0 Å². The van der Waals surface area contributed by atoms with Gasteiger partial charge in [0.2, 0.25) is 0 Å². The van der Waals surface area contributed by atoms with Gasteiger partial charge in [-0.2, -0.15) is 0 Å². The van der Waals surface area contributed by atoms with E-state index in [1.807, 2.05) is 12.4 Å². The normalized spacial score (nSPS) is 12.8. The fourth-order valence-electron chi connectivity index (χ4n) is 1.83. The zero-order chi connectivity index (χ0) is 13.8. The lowest BCUT2D eigenvalue weighted by atomic mass is 9.89. The summed E-state index contributed by atoms with van der Waals surface area (Å²) < 4.78 is 0. The molecule has 0 saturated carbocycles. The van der Waals surface area contributed by atoms with Gasteiger partial charge in [0.05, 0.1) is 11.4 Å². The summed E-state index contributed by atoms with van der Waals surface area (Å²) in [5.41, 5.74) is 2.73. The van der Waals surface area contributed by atoms with Crippen LogP contribution < -0.4 is 0 Å². The second-order valence-corrected chi connectivity index (χ2v) is 7.41. The van der Waals surface area contributed by atoms with Crippen LogP contribution in [-0.2, 0) is 11.8 Å². The second-order valence-electron chi connectivity index (χ2n) is 7.41. The van der Waals surface area contributed by atoms with Crippen molar-refractivity contribution < 1.29 is 0 Å². The first-order valence-electron chi connectivity index (χ1n) is 7.00. The molecule has 0 amide bonds. The van der Waals surface area contributed by atoms with E-state index < -0.39 is 0 Å². The van der Waals surface area contributed by atoms with Crippen LogP contribution in [-0.4, -0.2) is 9.97 Å². The lowest BCUT2D eigenvalue weighted by Gasteiger charge is -2.18. The molecule has 0 aliphatic rings. The Labute approximate surface area is 112 Å². The molecule has 0 spiro atoms. The predicted molar refractivity (Wildman–Crippen MR) is 77.7 cm³/mol. The molecule has 2 nitrogen and oxygen atoms in total. The fraction of sp³-hybridized carbons (Fsp3) is 0.750. The highest BCUT2D eigenvalue weighted by Gasteiger charge is 2.15.